The lowest BCUT2D eigenvalue weighted by atomic mass is 10.0. The number of benzene rings is 1. The highest BCUT2D eigenvalue weighted by atomic mass is 16.2. The Morgan fingerprint density at radius 1 is 1.33 bits per heavy atom. The average Bonchev–Trinajstić information content (AvgIpc) is 2.36. The second kappa shape index (κ2) is 6.76. The largest absolute Gasteiger partial charge is 0.366 e. The minimum absolute atomic E-state index is 0.173. The van der Waals surface area contributed by atoms with Crippen LogP contribution in [0, 0.1) is 5.92 Å². The highest BCUT2D eigenvalue weighted by molar-refractivity contribution is 6.03. The SMILES string of the molecule is CCCC(CN)C(=O)Nc1ccccc1C(N)=O. The molecule has 2 amide bonds. The number of rotatable bonds is 6. The number of carbonyl (C=O) groups excluding carboxylic acids is 2. The highest BCUT2D eigenvalue weighted by Gasteiger charge is 2.17. The Morgan fingerprint density at radius 2 is 2.00 bits per heavy atom. The molecule has 0 saturated heterocycles. The van der Waals surface area contributed by atoms with Crippen LogP contribution in [0.15, 0.2) is 24.3 Å². The lowest BCUT2D eigenvalue weighted by Crippen LogP contribution is -2.30. The molecule has 1 unspecified atom stereocenters. The van der Waals surface area contributed by atoms with Crippen molar-refractivity contribution in [2.45, 2.75) is 19.8 Å². The van der Waals surface area contributed by atoms with E-state index in [1.165, 1.54) is 0 Å². The zero-order chi connectivity index (χ0) is 13.5. The lowest BCUT2D eigenvalue weighted by Gasteiger charge is -2.15. The Balaban J connectivity index is 2.84. The Kier molecular flexibility index (Phi) is 5.32. The fourth-order valence-electron chi connectivity index (χ4n) is 1.75. The first kappa shape index (κ1) is 14.2. The Hall–Kier alpha value is -1.88. The third-order valence-electron chi connectivity index (χ3n) is 2.74. The maximum Gasteiger partial charge on any atom is 0.250 e. The predicted octanol–water partition coefficient (Wildman–Crippen LogP) is 1.10. The van der Waals surface area contributed by atoms with E-state index in [0.717, 1.165) is 12.8 Å². The van der Waals surface area contributed by atoms with Crippen molar-refractivity contribution in [3.8, 4) is 0 Å². The second-order valence-corrected chi connectivity index (χ2v) is 4.12. The van der Waals surface area contributed by atoms with Gasteiger partial charge in [-0.2, -0.15) is 0 Å². The van der Waals surface area contributed by atoms with Crippen LogP contribution < -0.4 is 16.8 Å². The van der Waals surface area contributed by atoms with Crippen molar-refractivity contribution in [1.29, 1.82) is 0 Å². The Morgan fingerprint density at radius 3 is 2.56 bits per heavy atom. The van der Waals surface area contributed by atoms with Gasteiger partial charge in [-0.1, -0.05) is 25.5 Å². The highest BCUT2D eigenvalue weighted by Crippen LogP contribution is 2.16. The van der Waals surface area contributed by atoms with Crippen LogP contribution in [0.5, 0.6) is 0 Å². The van der Waals surface area contributed by atoms with E-state index in [4.69, 9.17) is 11.5 Å². The van der Waals surface area contributed by atoms with Crippen molar-refractivity contribution >= 4 is 17.5 Å². The molecule has 1 aromatic carbocycles. The standard InChI is InChI=1S/C13H19N3O2/c1-2-5-9(8-14)13(18)16-11-7-4-3-6-10(11)12(15)17/h3-4,6-7,9H,2,5,8,14H2,1H3,(H2,15,17)(H,16,18). The van der Waals surface area contributed by atoms with E-state index >= 15 is 0 Å². The van der Waals surface area contributed by atoms with E-state index < -0.39 is 5.91 Å². The van der Waals surface area contributed by atoms with Crippen molar-refractivity contribution in [3.05, 3.63) is 29.8 Å². The van der Waals surface area contributed by atoms with Gasteiger partial charge in [0.25, 0.3) is 5.91 Å². The minimum atomic E-state index is -0.564. The van der Waals surface area contributed by atoms with Gasteiger partial charge in [-0.3, -0.25) is 9.59 Å². The van der Waals surface area contributed by atoms with Crippen molar-refractivity contribution in [2.24, 2.45) is 17.4 Å². The van der Waals surface area contributed by atoms with Crippen LogP contribution in [0.25, 0.3) is 0 Å². The zero-order valence-electron chi connectivity index (χ0n) is 10.5. The summed E-state index contributed by atoms with van der Waals surface area (Å²) in [6.45, 7) is 2.28. The van der Waals surface area contributed by atoms with Crippen LogP contribution in [0.3, 0.4) is 0 Å². The maximum atomic E-state index is 12.0. The normalized spacial score (nSPS) is 11.9. The summed E-state index contributed by atoms with van der Waals surface area (Å²) < 4.78 is 0. The van der Waals surface area contributed by atoms with Crippen molar-refractivity contribution in [2.75, 3.05) is 11.9 Å². The first-order valence-electron chi connectivity index (χ1n) is 5.99. The Labute approximate surface area is 107 Å². The Bertz CT molecular complexity index is 432. The monoisotopic (exact) mass is 249 g/mol. The molecule has 0 aliphatic carbocycles. The number of primary amides is 1. The third kappa shape index (κ3) is 3.56. The van der Waals surface area contributed by atoms with Crippen molar-refractivity contribution < 1.29 is 9.59 Å². The molecule has 18 heavy (non-hydrogen) atoms. The molecular formula is C13H19N3O2. The third-order valence-corrected chi connectivity index (χ3v) is 2.74. The van der Waals surface area contributed by atoms with Gasteiger partial charge < -0.3 is 16.8 Å². The van der Waals surface area contributed by atoms with Crippen LogP contribution >= 0.6 is 0 Å². The van der Waals surface area contributed by atoms with Gasteiger partial charge in [0, 0.05) is 6.54 Å². The van der Waals surface area contributed by atoms with Gasteiger partial charge in [0.1, 0.15) is 0 Å². The molecule has 0 bridgehead atoms. The summed E-state index contributed by atoms with van der Waals surface area (Å²) in [4.78, 5) is 23.2. The molecular weight excluding hydrogens is 230 g/mol. The molecule has 5 nitrogen and oxygen atoms in total. The fraction of sp³-hybridized carbons (Fsp3) is 0.385. The van der Waals surface area contributed by atoms with Gasteiger partial charge in [0.2, 0.25) is 5.91 Å². The number of hydrogen-bond donors (Lipinski definition) is 3. The first-order valence-corrected chi connectivity index (χ1v) is 5.99. The van der Waals surface area contributed by atoms with Gasteiger partial charge in [0.15, 0.2) is 0 Å². The molecule has 0 aliphatic heterocycles. The topological polar surface area (TPSA) is 98.2 Å². The van der Waals surface area contributed by atoms with Crippen LogP contribution in [-0.4, -0.2) is 18.4 Å². The molecule has 1 atom stereocenters. The van der Waals surface area contributed by atoms with Gasteiger partial charge >= 0.3 is 0 Å². The smallest absolute Gasteiger partial charge is 0.250 e. The summed E-state index contributed by atoms with van der Waals surface area (Å²) in [5.41, 5.74) is 11.5. The van der Waals surface area contributed by atoms with Gasteiger partial charge in [0.05, 0.1) is 17.2 Å². The number of anilines is 1. The van der Waals surface area contributed by atoms with E-state index in [-0.39, 0.29) is 11.8 Å². The van der Waals surface area contributed by atoms with Gasteiger partial charge in [-0.25, -0.2) is 0 Å². The van der Waals surface area contributed by atoms with Crippen LogP contribution in [-0.2, 0) is 4.79 Å². The van der Waals surface area contributed by atoms with Crippen LogP contribution in [0.4, 0.5) is 5.69 Å². The molecule has 0 heterocycles. The van der Waals surface area contributed by atoms with Crippen molar-refractivity contribution in [1.82, 2.24) is 0 Å². The number of nitrogens with one attached hydrogen (secondary N) is 1. The number of carbonyl (C=O) groups is 2. The predicted molar refractivity (Wildman–Crippen MR) is 71.0 cm³/mol. The van der Waals surface area contributed by atoms with Gasteiger partial charge in [-0.05, 0) is 18.6 Å². The summed E-state index contributed by atoms with van der Waals surface area (Å²) >= 11 is 0. The van der Waals surface area contributed by atoms with Gasteiger partial charge in [-0.15, -0.1) is 0 Å². The molecule has 5 heteroatoms. The van der Waals surface area contributed by atoms with E-state index in [1.54, 1.807) is 24.3 Å². The molecule has 0 radical (unpaired) electrons. The molecule has 0 spiro atoms. The van der Waals surface area contributed by atoms with E-state index in [2.05, 4.69) is 5.32 Å². The quantitative estimate of drug-likeness (QED) is 0.704. The summed E-state index contributed by atoms with van der Waals surface area (Å²) in [6.07, 6.45) is 1.60. The molecule has 98 valence electrons. The summed E-state index contributed by atoms with van der Waals surface area (Å²) in [6, 6.07) is 6.66. The van der Waals surface area contributed by atoms with E-state index in [0.29, 0.717) is 17.8 Å². The molecule has 0 aromatic heterocycles. The van der Waals surface area contributed by atoms with Crippen LogP contribution in [0.2, 0.25) is 0 Å². The number of para-hydroxylation sites is 1. The second-order valence-electron chi connectivity index (χ2n) is 4.12. The average molecular weight is 249 g/mol. The molecule has 1 aromatic rings. The van der Waals surface area contributed by atoms with Crippen LogP contribution in [0.1, 0.15) is 30.1 Å². The maximum absolute atomic E-state index is 12.0. The summed E-state index contributed by atoms with van der Waals surface area (Å²) in [7, 11) is 0. The first-order chi connectivity index (χ1) is 8.60. The molecule has 1 rings (SSSR count). The number of hydrogen-bond acceptors (Lipinski definition) is 3. The van der Waals surface area contributed by atoms with E-state index in [1.807, 2.05) is 6.92 Å². The summed E-state index contributed by atoms with van der Waals surface area (Å²) in [5.74, 6) is -0.977. The molecule has 5 N–H and O–H groups in total. The number of amides is 2. The number of nitrogens with two attached hydrogens (primary N) is 2. The summed E-state index contributed by atoms with van der Waals surface area (Å²) in [5, 5.41) is 2.71. The molecule has 0 fully saturated rings. The van der Waals surface area contributed by atoms with Crippen molar-refractivity contribution in [3.63, 3.8) is 0 Å². The molecule has 0 saturated carbocycles. The zero-order valence-corrected chi connectivity index (χ0v) is 10.5. The lowest BCUT2D eigenvalue weighted by molar-refractivity contribution is -0.119. The molecule has 0 aliphatic rings. The fourth-order valence-corrected chi connectivity index (χ4v) is 1.75. The minimum Gasteiger partial charge on any atom is -0.366 e. The van der Waals surface area contributed by atoms with E-state index in [9.17, 15) is 9.59 Å².